The predicted octanol–water partition coefficient (Wildman–Crippen LogP) is 5.57. The van der Waals surface area contributed by atoms with Crippen molar-refractivity contribution in [1.82, 2.24) is 0 Å². The van der Waals surface area contributed by atoms with E-state index in [1.165, 1.54) is 18.2 Å². The molecule has 0 bridgehead atoms. The van der Waals surface area contributed by atoms with Crippen molar-refractivity contribution in [3.8, 4) is 11.5 Å². The molecule has 0 saturated carbocycles. The van der Waals surface area contributed by atoms with Crippen LogP contribution in [-0.2, 0) is 12.4 Å². The van der Waals surface area contributed by atoms with Crippen molar-refractivity contribution in [3.05, 3.63) is 47.5 Å². The molecule has 0 amide bonds. The van der Waals surface area contributed by atoms with Gasteiger partial charge in [0.1, 0.15) is 0 Å². The Balaban J connectivity index is 2.24. The summed E-state index contributed by atoms with van der Waals surface area (Å²) in [5.74, 6) is -0.0677. The second-order valence-corrected chi connectivity index (χ2v) is 4.58. The van der Waals surface area contributed by atoms with Gasteiger partial charge in [-0.25, -0.2) is 0 Å². The Hall–Kier alpha value is -2.38. The molecule has 0 atom stereocenters. The summed E-state index contributed by atoms with van der Waals surface area (Å²) in [7, 11) is 0. The van der Waals surface area contributed by atoms with Gasteiger partial charge in [-0.05, 0) is 24.3 Å². The molecule has 0 unspecified atom stereocenters. The number of nitrogens with one attached hydrogen (secondary N) is 1. The van der Waals surface area contributed by atoms with Crippen molar-refractivity contribution in [3.63, 3.8) is 0 Å². The van der Waals surface area contributed by atoms with E-state index in [9.17, 15) is 26.3 Å². The van der Waals surface area contributed by atoms with E-state index in [2.05, 4.69) is 5.32 Å². The predicted molar refractivity (Wildman–Crippen MR) is 66.2 cm³/mol. The fraction of sp³-hybridized carbons (Fsp3) is 0.143. The van der Waals surface area contributed by atoms with Crippen molar-refractivity contribution >= 4 is 11.4 Å². The molecule has 22 heavy (non-hydrogen) atoms. The quantitative estimate of drug-likeness (QED) is 0.547. The van der Waals surface area contributed by atoms with E-state index in [1.807, 2.05) is 0 Å². The normalized spacial score (nSPS) is 13.7. The van der Waals surface area contributed by atoms with Crippen LogP contribution in [0.15, 0.2) is 36.4 Å². The second-order valence-electron chi connectivity index (χ2n) is 4.58. The Morgan fingerprint density at radius 1 is 0.773 bits per heavy atom. The molecule has 3 rings (SSSR count). The van der Waals surface area contributed by atoms with Crippen molar-refractivity contribution < 1.29 is 31.1 Å². The first-order chi connectivity index (χ1) is 10.2. The first-order valence-corrected chi connectivity index (χ1v) is 6.03. The van der Waals surface area contributed by atoms with Crippen LogP contribution < -0.4 is 10.1 Å². The van der Waals surface area contributed by atoms with Gasteiger partial charge in [0.15, 0.2) is 11.5 Å². The average molecular weight is 319 g/mol. The summed E-state index contributed by atoms with van der Waals surface area (Å²) in [6, 6.07) is 7.28. The molecular formula is C14H7F6NO. The van der Waals surface area contributed by atoms with Crippen LogP contribution in [0, 0.1) is 0 Å². The lowest BCUT2D eigenvalue weighted by Crippen LogP contribution is -2.20. The number of hydrogen-bond donors (Lipinski definition) is 1. The summed E-state index contributed by atoms with van der Waals surface area (Å²) >= 11 is 0. The molecule has 0 spiro atoms. The number of alkyl halides is 6. The van der Waals surface area contributed by atoms with Crippen LogP contribution in [0.1, 0.15) is 11.1 Å². The van der Waals surface area contributed by atoms with Crippen LogP contribution in [0.3, 0.4) is 0 Å². The van der Waals surface area contributed by atoms with Gasteiger partial charge in [-0.3, -0.25) is 0 Å². The third-order valence-electron chi connectivity index (χ3n) is 3.12. The molecule has 0 aromatic heterocycles. The molecule has 2 aromatic carbocycles. The van der Waals surface area contributed by atoms with Gasteiger partial charge in [0, 0.05) is 0 Å². The standard InChI is InChI=1S/C14H7F6NO/c15-13(16,17)7-5-6-10-12(11(7)14(18,19)20)21-8-3-1-2-4-9(8)22-10/h1-6,21H. The van der Waals surface area contributed by atoms with Crippen molar-refractivity contribution in [2.75, 3.05) is 5.32 Å². The maximum atomic E-state index is 13.1. The zero-order valence-corrected chi connectivity index (χ0v) is 10.6. The third kappa shape index (κ3) is 2.34. The molecule has 0 aliphatic carbocycles. The number of hydrogen-bond acceptors (Lipinski definition) is 2. The monoisotopic (exact) mass is 319 g/mol. The maximum Gasteiger partial charge on any atom is 0.419 e. The fourth-order valence-electron chi connectivity index (χ4n) is 2.24. The average Bonchev–Trinajstić information content (AvgIpc) is 2.41. The van der Waals surface area contributed by atoms with Crippen LogP contribution >= 0.6 is 0 Å². The van der Waals surface area contributed by atoms with Gasteiger partial charge in [0.25, 0.3) is 0 Å². The van der Waals surface area contributed by atoms with E-state index in [0.717, 1.165) is 6.07 Å². The summed E-state index contributed by atoms with van der Waals surface area (Å²) in [6.07, 6.45) is -10.3. The number of rotatable bonds is 0. The number of halogens is 6. The molecular weight excluding hydrogens is 312 g/mol. The largest absolute Gasteiger partial charge is 0.453 e. The minimum Gasteiger partial charge on any atom is -0.453 e. The van der Waals surface area contributed by atoms with Gasteiger partial charge < -0.3 is 10.1 Å². The number of ether oxygens (including phenoxy) is 1. The Morgan fingerprint density at radius 2 is 1.45 bits per heavy atom. The van der Waals surface area contributed by atoms with Crippen LogP contribution in [0.25, 0.3) is 0 Å². The Labute approximate surface area is 120 Å². The first-order valence-electron chi connectivity index (χ1n) is 6.03. The van der Waals surface area contributed by atoms with E-state index in [1.54, 1.807) is 6.07 Å². The highest BCUT2D eigenvalue weighted by Gasteiger charge is 2.46. The van der Waals surface area contributed by atoms with Gasteiger partial charge in [-0.1, -0.05) is 12.1 Å². The van der Waals surface area contributed by atoms with E-state index in [-0.39, 0.29) is 17.2 Å². The lowest BCUT2D eigenvalue weighted by Gasteiger charge is -2.26. The highest BCUT2D eigenvalue weighted by molar-refractivity contribution is 5.79. The highest BCUT2D eigenvalue weighted by atomic mass is 19.4. The SMILES string of the molecule is FC(F)(F)c1ccc2c(c1C(F)(F)F)Nc1ccccc1O2. The van der Waals surface area contributed by atoms with E-state index >= 15 is 0 Å². The number of fused-ring (bicyclic) bond motifs is 2. The molecule has 8 heteroatoms. The molecule has 0 fully saturated rings. The molecule has 2 aromatic rings. The molecule has 0 saturated heterocycles. The number of benzene rings is 2. The molecule has 1 N–H and O–H groups in total. The summed E-state index contributed by atoms with van der Waals surface area (Å²) in [6.45, 7) is 0. The molecule has 2 nitrogen and oxygen atoms in total. The van der Waals surface area contributed by atoms with E-state index in [0.29, 0.717) is 6.07 Å². The molecule has 116 valence electrons. The van der Waals surface area contributed by atoms with Crippen molar-refractivity contribution in [1.29, 1.82) is 0 Å². The van der Waals surface area contributed by atoms with Gasteiger partial charge in [0.2, 0.25) is 0 Å². The second kappa shape index (κ2) is 4.56. The number of para-hydroxylation sites is 2. The minimum absolute atomic E-state index is 0.167. The van der Waals surface area contributed by atoms with Crippen LogP contribution in [0.5, 0.6) is 11.5 Å². The van der Waals surface area contributed by atoms with Gasteiger partial charge in [-0.2, -0.15) is 26.3 Å². The molecule has 1 aliphatic heterocycles. The lowest BCUT2D eigenvalue weighted by atomic mass is 10.0. The lowest BCUT2D eigenvalue weighted by molar-refractivity contribution is -0.161. The Kier molecular flexibility index (Phi) is 3.01. The van der Waals surface area contributed by atoms with Gasteiger partial charge >= 0.3 is 12.4 Å². The topological polar surface area (TPSA) is 21.3 Å². The fourth-order valence-corrected chi connectivity index (χ4v) is 2.24. The Morgan fingerprint density at radius 3 is 2.09 bits per heavy atom. The highest BCUT2D eigenvalue weighted by Crippen LogP contribution is 2.51. The van der Waals surface area contributed by atoms with E-state index in [4.69, 9.17) is 4.74 Å². The smallest absolute Gasteiger partial charge is 0.419 e. The third-order valence-corrected chi connectivity index (χ3v) is 3.12. The zero-order chi connectivity index (χ0) is 16.1. The number of anilines is 2. The maximum absolute atomic E-state index is 13.1. The zero-order valence-electron chi connectivity index (χ0n) is 10.6. The van der Waals surface area contributed by atoms with Gasteiger partial charge in [-0.15, -0.1) is 0 Å². The Bertz CT molecular complexity index is 735. The van der Waals surface area contributed by atoms with Crippen LogP contribution in [-0.4, -0.2) is 0 Å². The first kappa shape index (κ1) is 14.6. The molecule has 0 radical (unpaired) electrons. The van der Waals surface area contributed by atoms with Crippen molar-refractivity contribution in [2.24, 2.45) is 0 Å². The van der Waals surface area contributed by atoms with E-state index < -0.39 is 29.2 Å². The van der Waals surface area contributed by atoms with Crippen LogP contribution in [0.2, 0.25) is 0 Å². The minimum atomic E-state index is -5.18. The summed E-state index contributed by atoms with van der Waals surface area (Å²) in [4.78, 5) is 0. The summed E-state index contributed by atoms with van der Waals surface area (Å²) < 4.78 is 83.3. The summed E-state index contributed by atoms with van der Waals surface area (Å²) in [5.41, 5.74) is -4.11. The molecule has 1 aliphatic rings. The molecule has 1 heterocycles. The van der Waals surface area contributed by atoms with Gasteiger partial charge in [0.05, 0.1) is 22.5 Å². The van der Waals surface area contributed by atoms with Crippen LogP contribution in [0.4, 0.5) is 37.7 Å². The summed E-state index contributed by atoms with van der Waals surface area (Å²) in [5, 5.41) is 2.38. The van der Waals surface area contributed by atoms with Crippen molar-refractivity contribution in [2.45, 2.75) is 12.4 Å².